The van der Waals surface area contributed by atoms with Gasteiger partial charge in [0, 0.05) is 35.6 Å². The van der Waals surface area contributed by atoms with Gasteiger partial charge in [-0.3, -0.25) is 9.78 Å². The zero-order chi connectivity index (χ0) is 11.9. The lowest BCUT2D eigenvalue weighted by molar-refractivity contribution is 0.0730. The number of pyridine rings is 1. The zero-order valence-corrected chi connectivity index (χ0v) is 10.3. The first-order valence-electron chi connectivity index (χ1n) is 5.81. The number of fused-ring (bicyclic) bond motifs is 1. The van der Waals surface area contributed by atoms with E-state index in [1.54, 1.807) is 6.20 Å². The highest BCUT2D eigenvalue weighted by Gasteiger charge is 2.31. The van der Waals surface area contributed by atoms with Crippen LogP contribution in [0.25, 0.3) is 0 Å². The largest absolute Gasteiger partial charge is 0.332 e. The molecule has 2 heterocycles. The second kappa shape index (κ2) is 3.89. The van der Waals surface area contributed by atoms with E-state index in [0.717, 1.165) is 16.8 Å². The molecule has 2 rings (SSSR count). The van der Waals surface area contributed by atoms with Crippen LogP contribution in [-0.4, -0.2) is 21.8 Å². The highest BCUT2D eigenvalue weighted by molar-refractivity contribution is 5.98. The van der Waals surface area contributed by atoms with Gasteiger partial charge in [-0.2, -0.15) is 0 Å². The van der Waals surface area contributed by atoms with Gasteiger partial charge in [-0.1, -0.05) is 13.8 Å². The molecule has 1 amide bonds. The topological polar surface area (TPSA) is 33.2 Å². The van der Waals surface area contributed by atoms with E-state index in [9.17, 15) is 4.79 Å². The molecule has 1 aliphatic rings. The van der Waals surface area contributed by atoms with Gasteiger partial charge in [-0.25, -0.2) is 0 Å². The summed E-state index contributed by atoms with van der Waals surface area (Å²) in [4.78, 5) is 18.4. The SMILES string of the molecule is CC(C)c1nccc2c1CN(C(C)C)C2=O. The molecule has 1 aliphatic heterocycles. The van der Waals surface area contributed by atoms with Crippen molar-refractivity contribution in [3.8, 4) is 0 Å². The van der Waals surface area contributed by atoms with Crippen LogP contribution >= 0.6 is 0 Å². The minimum Gasteiger partial charge on any atom is -0.332 e. The number of carbonyl (C=O) groups is 1. The number of carbonyl (C=O) groups excluding carboxylic acids is 1. The fourth-order valence-electron chi connectivity index (χ4n) is 2.19. The second-order valence-electron chi connectivity index (χ2n) is 4.90. The maximum Gasteiger partial charge on any atom is 0.254 e. The molecule has 0 spiro atoms. The Morgan fingerprint density at radius 1 is 1.31 bits per heavy atom. The lowest BCUT2D eigenvalue weighted by Gasteiger charge is -2.20. The molecule has 0 radical (unpaired) electrons. The number of nitrogens with zero attached hydrogens (tertiary/aromatic N) is 2. The Morgan fingerprint density at radius 2 is 2.00 bits per heavy atom. The molecule has 0 N–H and O–H groups in total. The van der Waals surface area contributed by atoms with Crippen LogP contribution in [-0.2, 0) is 6.54 Å². The molecule has 3 heteroatoms. The zero-order valence-electron chi connectivity index (χ0n) is 10.3. The highest BCUT2D eigenvalue weighted by atomic mass is 16.2. The van der Waals surface area contributed by atoms with Crippen LogP contribution in [0.5, 0.6) is 0 Å². The molecule has 1 aromatic heterocycles. The molecule has 86 valence electrons. The molecule has 0 aliphatic carbocycles. The maximum absolute atomic E-state index is 12.1. The summed E-state index contributed by atoms with van der Waals surface area (Å²) in [6, 6.07) is 2.09. The van der Waals surface area contributed by atoms with Crippen LogP contribution in [0.15, 0.2) is 12.3 Å². The highest BCUT2D eigenvalue weighted by Crippen LogP contribution is 2.29. The van der Waals surface area contributed by atoms with E-state index >= 15 is 0 Å². The summed E-state index contributed by atoms with van der Waals surface area (Å²) in [5, 5.41) is 0. The van der Waals surface area contributed by atoms with Crippen molar-refractivity contribution >= 4 is 5.91 Å². The Kier molecular flexibility index (Phi) is 2.70. The van der Waals surface area contributed by atoms with E-state index < -0.39 is 0 Å². The van der Waals surface area contributed by atoms with Crippen LogP contribution in [0.3, 0.4) is 0 Å². The quantitative estimate of drug-likeness (QED) is 0.764. The van der Waals surface area contributed by atoms with Crippen molar-refractivity contribution in [1.82, 2.24) is 9.88 Å². The average molecular weight is 218 g/mol. The first kappa shape index (κ1) is 11.1. The van der Waals surface area contributed by atoms with Crippen molar-refractivity contribution in [3.05, 3.63) is 29.1 Å². The smallest absolute Gasteiger partial charge is 0.254 e. The van der Waals surface area contributed by atoms with Crippen molar-refractivity contribution in [2.45, 2.75) is 46.2 Å². The molecule has 0 saturated carbocycles. The molecule has 0 aromatic carbocycles. The van der Waals surface area contributed by atoms with Gasteiger partial charge in [0.15, 0.2) is 0 Å². The first-order valence-corrected chi connectivity index (χ1v) is 5.81. The van der Waals surface area contributed by atoms with Gasteiger partial charge < -0.3 is 4.90 Å². The van der Waals surface area contributed by atoms with Gasteiger partial charge >= 0.3 is 0 Å². The van der Waals surface area contributed by atoms with Crippen molar-refractivity contribution < 1.29 is 4.79 Å². The predicted octanol–water partition coefficient (Wildman–Crippen LogP) is 2.57. The fourth-order valence-corrected chi connectivity index (χ4v) is 2.19. The Balaban J connectivity index is 2.47. The van der Waals surface area contributed by atoms with Crippen LogP contribution in [0.1, 0.15) is 55.2 Å². The predicted molar refractivity (Wildman–Crippen MR) is 63.3 cm³/mol. The molecule has 16 heavy (non-hydrogen) atoms. The number of amides is 1. The summed E-state index contributed by atoms with van der Waals surface area (Å²) < 4.78 is 0. The van der Waals surface area contributed by atoms with E-state index in [1.807, 2.05) is 24.8 Å². The summed E-state index contributed by atoms with van der Waals surface area (Å²) in [5.74, 6) is 0.518. The van der Waals surface area contributed by atoms with E-state index in [2.05, 4.69) is 18.8 Å². The van der Waals surface area contributed by atoms with E-state index in [1.165, 1.54) is 0 Å². The molecule has 3 nitrogen and oxygen atoms in total. The second-order valence-corrected chi connectivity index (χ2v) is 4.90. The van der Waals surface area contributed by atoms with Gasteiger partial charge in [0.25, 0.3) is 5.91 Å². The van der Waals surface area contributed by atoms with Gasteiger partial charge in [0.1, 0.15) is 0 Å². The Morgan fingerprint density at radius 3 is 2.56 bits per heavy atom. The van der Waals surface area contributed by atoms with Gasteiger partial charge in [0.2, 0.25) is 0 Å². The van der Waals surface area contributed by atoms with Crippen LogP contribution in [0, 0.1) is 0 Å². The maximum atomic E-state index is 12.1. The van der Waals surface area contributed by atoms with E-state index in [4.69, 9.17) is 0 Å². The first-order chi connectivity index (χ1) is 7.52. The normalized spacial score (nSPS) is 15.1. The van der Waals surface area contributed by atoms with Crippen molar-refractivity contribution in [1.29, 1.82) is 0 Å². The molecule has 0 fully saturated rings. The van der Waals surface area contributed by atoms with Gasteiger partial charge in [0.05, 0.1) is 0 Å². The summed E-state index contributed by atoms with van der Waals surface area (Å²) in [5.41, 5.74) is 3.03. The number of rotatable bonds is 2. The van der Waals surface area contributed by atoms with Crippen molar-refractivity contribution in [2.24, 2.45) is 0 Å². The molecule has 0 unspecified atom stereocenters. The Hall–Kier alpha value is -1.38. The van der Waals surface area contributed by atoms with Crippen molar-refractivity contribution in [2.75, 3.05) is 0 Å². The third-order valence-corrected chi connectivity index (χ3v) is 3.08. The van der Waals surface area contributed by atoms with Gasteiger partial charge in [-0.05, 0) is 25.8 Å². The lowest BCUT2D eigenvalue weighted by atomic mass is 10.0. The standard InChI is InChI=1S/C13H18N2O/c1-8(2)12-11-7-15(9(3)4)13(16)10(11)5-6-14-12/h5-6,8-9H,7H2,1-4H3. The molecular formula is C13H18N2O. The van der Waals surface area contributed by atoms with Crippen molar-refractivity contribution in [3.63, 3.8) is 0 Å². The molecular weight excluding hydrogens is 200 g/mol. The third-order valence-electron chi connectivity index (χ3n) is 3.08. The molecule has 0 atom stereocenters. The van der Waals surface area contributed by atoms with Gasteiger partial charge in [-0.15, -0.1) is 0 Å². The minimum atomic E-state index is 0.148. The number of hydrogen-bond donors (Lipinski definition) is 0. The van der Waals surface area contributed by atoms with Crippen LogP contribution in [0.2, 0.25) is 0 Å². The lowest BCUT2D eigenvalue weighted by Crippen LogP contribution is -2.30. The van der Waals surface area contributed by atoms with E-state index in [0.29, 0.717) is 12.5 Å². The fraction of sp³-hybridized carbons (Fsp3) is 0.538. The third kappa shape index (κ3) is 1.60. The monoisotopic (exact) mass is 218 g/mol. The summed E-state index contributed by atoms with van der Waals surface area (Å²) in [7, 11) is 0. The molecule has 1 aromatic rings. The van der Waals surface area contributed by atoms with E-state index in [-0.39, 0.29) is 11.9 Å². The summed E-state index contributed by atoms with van der Waals surface area (Å²) in [6.45, 7) is 9.04. The summed E-state index contributed by atoms with van der Waals surface area (Å²) >= 11 is 0. The number of hydrogen-bond acceptors (Lipinski definition) is 2. The Labute approximate surface area is 96.5 Å². The number of aromatic nitrogens is 1. The van der Waals surface area contributed by atoms with Crippen LogP contribution in [0.4, 0.5) is 0 Å². The minimum absolute atomic E-state index is 0.148. The summed E-state index contributed by atoms with van der Waals surface area (Å²) in [6.07, 6.45) is 1.75. The molecule has 0 bridgehead atoms. The Bertz CT molecular complexity index is 424. The van der Waals surface area contributed by atoms with Crippen LogP contribution < -0.4 is 0 Å². The average Bonchev–Trinajstić information content (AvgIpc) is 2.56. The molecule has 0 saturated heterocycles.